The van der Waals surface area contributed by atoms with Crippen LogP contribution in [-0.2, 0) is 13.1 Å². The molecule has 0 saturated heterocycles. The van der Waals surface area contributed by atoms with Crippen LogP contribution in [0.25, 0.3) is 0 Å². The van der Waals surface area contributed by atoms with Gasteiger partial charge in [-0.25, -0.2) is 4.68 Å². The number of benzene rings is 1. The Morgan fingerprint density at radius 2 is 1.96 bits per heavy atom. The van der Waals surface area contributed by atoms with Gasteiger partial charge in [-0.2, -0.15) is 5.10 Å². The molecule has 0 bridgehead atoms. The summed E-state index contributed by atoms with van der Waals surface area (Å²) in [6.07, 6.45) is 0.781. The van der Waals surface area contributed by atoms with Crippen LogP contribution < -0.4 is 10.9 Å². The van der Waals surface area contributed by atoms with E-state index in [0.29, 0.717) is 6.54 Å². The summed E-state index contributed by atoms with van der Waals surface area (Å²) in [5, 5.41) is 7.01. The molecule has 0 aliphatic rings. The summed E-state index contributed by atoms with van der Waals surface area (Å²) >= 11 is 0. The predicted octanol–water partition coefficient (Wildman–Crippen LogP) is 1.97. The summed E-state index contributed by atoms with van der Waals surface area (Å²) in [7, 11) is 3.95. The lowest BCUT2D eigenvalue weighted by atomic mass is 10.1. The number of amides is 1. The summed E-state index contributed by atoms with van der Waals surface area (Å²) in [4.78, 5) is 26.1. The minimum atomic E-state index is -0.318. The van der Waals surface area contributed by atoms with E-state index in [2.05, 4.69) is 10.4 Å². The third kappa shape index (κ3) is 4.50. The van der Waals surface area contributed by atoms with Gasteiger partial charge in [0.2, 0.25) is 0 Å². The van der Waals surface area contributed by atoms with E-state index in [4.69, 9.17) is 0 Å². The molecule has 2 rings (SSSR count). The first-order valence-corrected chi connectivity index (χ1v) is 7.63. The number of aromatic nitrogens is 2. The van der Waals surface area contributed by atoms with E-state index in [1.807, 2.05) is 50.2 Å². The van der Waals surface area contributed by atoms with E-state index in [0.717, 1.165) is 24.2 Å². The highest BCUT2D eigenvalue weighted by Crippen LogP contribution is 2.17. The summed E-state index contributed by atoms with van der Waals surface area (Å²) < 4.78 is 1.32. The van der Waals surface area contributed by atoms with Gasteiger partial charge in [0.25, 0.3) is 11.5 Å². The van der Waals surface area contributed by atoms with Gasteiger partial charge in [-0.1, -0.05) is 25.1 Å². The number of aryl methyl sites for hydroxylation is 1. The van der Waals surface area contributed by atoms with E-state index in [1.165, 1.54) is 16.8 Å². The molecule has 0 radical (unpaired) electrons. The largest absolute Gasteiger partial charge is 0.320 e. The smallest absolute Gasteiger partial charge is 0.276 e. The quantitative estimate of drug-likeness (QED) is 0.885. The van der Waals surface area contributed by atoms with Crippen molar-refractivity contribution in [3.63, 3.8) is 0 Å². The van der Waals surface area contributed by atoms with Crippen molar-refractivity contribution in [2.75, 3.05) is 19.4 Å². The van der Waals surface area contributed by atoms with Crippen LogP contribution in [0, 0.1) is 0 Å². The molecule has 2 aromatic rings. The highest BCUT2D eigenvalue weighted by atomic mass is 16.2. The second-order valence-electron chi connectivity index (χ2n) is 5.63. The first-order chi connectivity index (χ1) is 11.0. The zero-order valence-corrected chi connectivity index (χ0v) is 13.7. The topological polar surface area (TPSA) is 67.2 Å². The second kappa shape index (κ2) is 7.69. The molecule has 0 spiro atoms. The number of nitrogens with zero attached hydrogens (tertiary/aromatic N) is 3. The lowest BCUT2D eigenvalue weighted by Gasteiger charge is -2.14. The first-order valence-electron chi connectivity index (χ1n) is 7.63. The zero-order valence-electron chi connectivity index (χ0n) is 13.7. The van der Waals surface area contributed by atoms with Gasteiger partial charge in [-0.15, -0.1) is 0 Å². The van der Waals surface area contributed by atoms with E-state index < -0.39 is 0 Å². The maximum absolute atomic E-state index is 12.4. The fourth-order valence-corrected chi connectivity index (χ4v) is 2.25. The highest BCUT2D eigenvalue weighted by molar-refractivity contribution is 6.03. The monoisotopic (exact) mass is 314 g/mol. The van der Waals surface area contributed by atoms with Crippen molar-refractivity contribution in [2.24, 2.45) is 0 Å². The Hall–Kier alpha value is -2.47. The third-order valence-corrected chi connectivity index (χ3v) is 3.29. The van der Waals surface area contributed by atoms with E-state index >= 15 is 0 Å². The van der Waals surface area contributed by atoms with Gasteiger partial charge in [0, 0.05) is 24.8 Å². The lowest BCUT2D eigenvalue weighted by Crippen LogP contribution is -2.26. The minimum Gasteiger partial charge on any atom is -0.320 e. The third-order valence-electron chi connectivity index (χ3n) is 3.29. The predicted molar refractivity (Wildman–Crippen MR) is 90.6 cm³/mol. The number of anilines is 1. The van der Waals surface area contributed by atoms with Crippen molar-refractivity contribution in [3.8, 4) is 0 Å². The van der Waals surface area contributed by atoms with Crippen LogP contribution >= 0.6 is 0 Å². The van der Waals surface area contributed by atoms with E-state index in [-0.39, 0.29) is 17.2 Å². The van der Waals surface area contributed by atoms with Gasteiger partial charge in [-0.05, 0) is 38.2 Å². The molecular weight excluding hydrogens is 292 g/mol. The minimum absolute atomic E-state index is 0.198. The standard InChI is InChI=1S/C17H22N4O2/c1-4-11-21-16(22)10-9-15(19-21)17(23)18-14-8-6-5-7-13(14)12-20(2)3/h5-10H,4,11-12H2,1-3H3,(H,18,23). The maximum Gasteiger partial charge on any atom is 0.276 e. The van der Waals surface area contributed by atoms with Crippen molar-refractivity contribution < 1.29 is 4.79 Å². The zero-order chi connectivity index (χ0) is 16.8. The van der Waals surface area contributed by atoms with Crippen molar-refractivity contribution in [3.05, 3.63) is 58.0 Å². The van der Waals surface area contributed by atoms with Gasteiger partial charge in [-0.3, -0.25) is 9.59 Å². The fraction of sp³-hybridized carbons (Fsp3) is 0.353. The van der Waals surface area contributed by atoms with Gasteiger partial charge >= 0.3 is 0 Å². The Balaban J connectivity index is 2.23. The summed E-state index contributed by atoms with van der Waals surface area (Å²) in [6.45, 7) is 3.18. The van der Waals surface area contributed by atoms with Gasteiger partial charge in [0.15, 0.2) is 0 Å². The SMILES string of the molecule is CCCn1nc(C(=O)Nc2ccccc2CN(C)C)ccc1=O. The molecule has 122 valence electrons. The highest BCUT2D eigenvalue weighted by Gasteiger charge is 2.12. The van der Waals surface area contributed by atoms with Crippen LogP contribution in [0.3, 0.4) is 0 Å². The Bertz CT molecular complexity index is 737. The Morgan fingerprint density at radius 1 is 1.22 bits per heavy atom. The summed E-state index contributed by atoms with van der Waals surface area (Å²) in [6, 6.07) is 10.5. The molecule has 1 aromatic carbocycles. The van der Waals surface area contributed by atoms with Crippen molar-refractivity contribution in [1.82, 2.24) is 14.7 Å². The first kappa shape index (κ1) is 16.9. The van der Waals surface area contributed by atoms with Crippen LogP contribution in [-0.4, -0.2) is 34.7 Å². The number of carbonyl (C=O) groups excluding carboxylic acids is 1. The van der Waals surface area contributed by atoms with Crippen molar-refractivity contribution in [1.29, 1.82) is 0 Å². The number of rotatable bonds is 6. The van der Waals surface area contributed by atoms with Gasteiger partial charge in [0.1, 0.15) is 5.69 Å². The fourth-order valence-electron chi connectivity index (χ4n) is 2.25. The molecule has 23 heavy (non-hydrogen) atoms. The molecular formula is C17H22N4O2. The Kier molecular flexibility index (Phi) is 5.65. The molecule has 6 heteroatoms. The molecule has 1 aromatic heterocycles. The van der Waals surface area contributed by atoms with E-state index in [1.54, 1.807) is 0 Å². The van der Waals surface area contributed by atoms with Crippen LogP contribution in [0.5, 0.6) is 0 Å². The molecule has 0 aliphatic carbocycles. The molecule has 0 saturated carbocycles. The number of hydrogen-bond donors (Lipinski definition) is 1. The van der Waals surface area contributed by atoms with Crippen LogP contribution in [0.2, 0.25) is 0 Å². The Labute approximate surface area is 135 Å². The second-order valence-corrected chi connectivity index (χ2v) is 5.63. The Morgan fingerprint density at radius 3 is 2.65 bits per heavy atom. The normalized spacial score (nSPS) is 10.8. The molecule has 0 aliphatic heterocycles. The van der Waals surface area contributed by atoms with E-state index in [9.17, 15) is 9.59 Å². The summed E-state index contributed by atoms with van der Waals surface area (Å²) in [5.41, 5.74) is 1.81. The number of nitrogens with one attached hydrogen (secondary N) is 1. The molecule has 1 N–H and O–H groups in total. The van der Waals surface area contributed by atoms with Gasteiger partial charge in [0.05, 0.1) is 0 Å². The number of para-hydroxylation sites is 1. The average Bonchev–Trinajstić information content (AvgIpc) is 2.51. The molecule has 1 amide bonds. The van der Waals surface area contributed by atoms with Crippen molar-refractivity contribution >= 4 is 11.6 Å². The van der Waals surface area contributed by atoms with Crippen molar-refractivity contribution in [2.45, 2.75) is 26.4 Å². The van der Waals surface area contributed by atoms with Crippen LogP contribution in [0.4, 0.5) is 5.69 Å². The maximum atomic E-state index is 12.4. The average molecular weight is 314 g/mol. The van der Waals surface area contributed by atoms with Crippen LogP contribution in [0.15, 0.2) is 41.2 Å². The van der Waals surface area contributed by atoms with Crippen LogP contribution in [0.1, 0.15) is 29.4 Å². The van der Waals surface area contributed by atoms with Gasteiger partial charge < -0.3 is 10.2 Å². The lowest BCUT2D eigenvalue weighted by molar-refractivity contribution is 0.101. The summed E-state index contributed by atoms with van der Waals surface area (Å²) in [5.74, 6) is -0.318. The molecule has 0 fully saturated rings. The number of carbonyl (C=O) groups is 1. The molecule has 0 atom stereocenters. The molecule has 1 heterocycles. The molecule has 6 nitrogen and oxygen atoms in total. The molecule has 0 unspecified atom stereocenters. The number of hydrogen-bond acceptors (Lipinski definition) is 4.